The van der Waals surface area contributed by atoms with E-state index in [-0.39, 0.29) is 35.6 Å². The molecule has 0 fully saturated rings. The van der Waals surface area contributed by atoms with Crippen molar-refractivity contribution in [1.82, 2.24) is 0 Å². The van der Waals surface area contributed by atoms with Gasteiger partial charge in [0.05, 0.1) is 0 Å². The molecule has 0 atom stereocenters. The van der Waals surface area contributed by atoms with Crippen LogP contribution in [0.15, 0.2) is 0 Å². The third-order valence-electron chi connectivity index (χ3n) is 0. The van der Waals surface area contributed by atoms with E-state index >= 15 is 0 Å². The first kappa shape index (κ1) is 9.22. The first-order valence-electron chi connectivity index (χ1n) is 1.10. The molecule has 0 aromatic carbocycles. The fourth-order valence-corrected chi connectivity index (χ4v) is 0. The maximum absolute atomic E-state index is 6.39. The van der Waals surface area contributed by atoms with E-state index in [1.54, 1.807) is 6.92 Å². The molecule has 0 spiro atoms. The Morgan fingerprint density at radius 2 is 1.80 bits per heavy atom. The molecular formula is C3H6LaN-. The van der Waals surface area contributed by atoms with Gasteiger partial charge >= 0.3 is 0 Å². The number of hydrogen-bond acceptors (Lipinski definition) is 1. The van der Waals surface area contributed by atoms with Gasteiger partial charge in [-0.15, -0.1) is 5.71 Å². The van der Waals surface area contributed by atoms with E-state index < -0.39 is 0 Å². The van der Waals surface area contributed by atoms with E-state index in [0.29, 0.717) is 5.71 Å². The van der Waals surface area contributed by atoms with E-state index in [2.05, 4.69) is 6.92 Å². The zero-order valence-corrected chi connectivity index (χ0v) is 6.91. The van der Waals surface area contributed by atoms with Crippen LogP contribution in [0, 0.1) is 47.9 Å². The van der Waals surface area contributed by atoms with Gasteiger partial charge in [-0.05, 0) is 0 Å². The Balaban J connectivity index is 0. The topological polar surface area (TPSA) is 23.9 Å². The standard InChI is InChI=1S/C3H6N.La/c1-3(2)4;/h4H,1H2,2H3;/q-1;. The molecule has 0 aliphatic carbocycles. The van der Waals surface area contributed by atoms with Gasteiger partial charge in [0.25, 0.3) is 0 Å². The van der Waals surface area contributed by atoms with Crippen LogP contribution in [0.4, 0.5) is 0 Å². The largest absolute Gasteiger partial charge is 0.362 e. The summed E-state index contributed by atoms with van der Waals surface area (Å²) in [7, 11) is 0. The zero-order valence-electron chi connectivity index (χ0n) is 3.28. The van der Waals surface area contributed by atoms with E-state index in [0.717, 1.165) is 0 Å². The van der Waals surface area contributed by atoms with Crippen LogP contribution in [0.1, 0.15) is 6.92 Å². The van der Waals surface area contributed by atoms with Crippen LogP contribution in [0.3, 0.4) is 0 Å². The Labute approximate surface area is 60.3 Å². The van der Waals surface area contributed by atoms with Crippen molar-refractivity contribution in [2.75, 3.05) is 0 Å². The first-order chi connectivity index (χ1) is 1.73. The molecule has 2 heteroatoms. The van der Waals surface area contributed by atoms with Gasteiger partial charge in [-0.3, -0.25) is 0 Å². The number of nitrogens with one attached hydrogen (secondary N) is 1. The SMILES string of the molecule is [CH2-]C(C)=N.[La]. The molecule has 1 N–H and O–H groups in total. The monoisotopic (exact) mass is 195 g/mol. The van der Waals surface area contributed by atoms with Crippen molar-refractivity contribution in [2.24, 2.45) is 0 Å². The molecule has 27 valence electrons. The Hall–Kier alpha value is 0.735. The molecule has 0 aromatic heterocycles. The minimum absolute atomic E-state index is 0. The maximum atomic E-state index is 6.39. The normalized spacial score (nSPS) is 5.00. The fourth-order valence-electron chi connectivity index (χ4n) is 0. The smallest absolute Gasteiger partial charge is 0 e. The summed E-state index contributed by atoms with van der Waals surface area (Å²) in [5, 5.41) is 6.39. The van der Waals surface area contributed by atoms with E-state index in [4.69, 9.17) is 5.41 Å². The van der Waals surface area contributed by atoms with Crippen LogP contribution in [0.5, 0.6) is 0 Å². The van der Waals surface area contributed by atoms with Crippen molar-refractivity contribution in [1.29, 1.82) is 5.41 Å². The van der Waals surface area contributed by atoms with Crippen molar-refractivity contribution < 1.29 is 35.6 Å². The first-order valence-corrected chi connectivity index (χ1v) is 1.10. The summed E-state index contributed by atoms with van der Waals surface area (Å²) in [5.41, 5.74) is 0.417. The predicted molar refractivity (Wildman–Crippen MR) is 18.8 cm³/mol. The average Bonchev–Trinajstić information content (AvgIpc) is 0.811. The quantitative estimate of drug-likeness (QED) is 0.437. The minimum Gasteiger partial charge on any atom is -0.362 e. The van der Waals surface area contributed by atoms with Gasteiger partial charge in [0.2, 0.25) is 0 Å². The molecule has 1 nitrogen and oxygen atoms in total. The Kier molecular flexibility index (Phi) is 8.73. The second-order valence-corrected chi connectivity index (χ2v) is 0.780. The van der Waals surface area contributed by atoms with Gasteiger partial charge in [0, 0.05) is 35.6 Å². The van der Waals surface area contributed by atoms with Crippen LogP contribution >= 0.6 is 0 Å². The summed E-state index contributed by atoms with van der Waals surface area (Å²) in [4.78, 5) is 0. The molecule has 0 bridgehead atoms. The molecule has 0 rings (SSSR count). The van der Waals surface area contributed by atoms with Crippen molar-refractivity contribution in [3.8, 4) is 0 Å². The minimum atomic E-state index is 0. The van der Waals surface area contributed by atoms with Gasteiger partial charge in [-0.1, -0.05) is 6.92 Å². The fraction of sp³-hybridized carbons (Fsp3) is 0.333. The predicted octanol–water partition coefficient (Wildman–Crippen LogP) is 0.860. The summed E-state index contributed by atoms with van der Waals surface area (Å²) >= 11 is 0. The third-order valence-corrected chi connectivity index (χ3v) is 0. The summed E-state index contributed by atoms with van der Waals surface area (Å²) in [6.07, 6.45) is 0. The molecule has 0 aromatic rings. The molecule has 0 amide bonds. The van der Waals surface area contributed by atoms with Gasteiger partial charge in [-0.2, -0.15) is 0 Å². The maximum Gasteiger partial charge on any atom is 0 e. The molecule has 0 heterocycles. The van der Waals surface area contributed by atoms with Gasteiger partial charge in [-0.25, -0.2) is 0 Å². The molecule has 0 aliphatic rings. The second-order valence-electron chi connectivity index (χ2n) is 0.780. The zero-order chi connectivity index (χ0) is 3.58. The van der Waals surface area contributed by atoms with Crippen LogP contribution in [0.25, 0.3) is 0 Å². The van der Waals surface area contributed by atoms with E-state index in [1.165, 1.54) is 0 Å². The molecular weight excluding hydrogens is 189 g/mol. The average molecular weight is 195 g/mol. The van der Waals surface area contributed by atoms with E-state index in [9.17, 15) is 0 Å². The second kappa shape index (κ2) is 4.73. The Bertz CT molecular complexity index is 29.9. The molecule has 0 unspecified atom stereocenters. The van der Waals surface area contributed by atoms with E-state index in [1.807, 2.05) is 0 Å². The summed E-state index contributed by atoms with van der Waals surface area (Å²) in [6.45, 7) is 4.86. The number of rotatable bonds is 0. The summed E-state index contributed by atoms with van der Waals surface area (Å²) < 4.78 is 0. The molecule has 0 aliphatic heterocycles. The van der Waals surface area contributed by atoms with Crippen LogP contribution < -0.4 is 0 Å². The Morgan fingerprint density at radius 3 is 1.80 bits per heavy atom. The van der Waals surface area contributed by atoms with Crippen molar-refractivity contribution in [2.45, 2.75) is 6.92 Å². The molecule has 1 radical (unpaired) electrons. The molecule has 0 saturated carbocycles. The molecule has 0 saturated heterocycles. The van der Waals surface area contributed by atoms with Crippen molar-refractivity contribution in [3.05, 3.63) is 6.92 Å². The summed E-state index contributed by atoms with van der Waals surface area (Å²) in [5.74, 6) is 0. The number of hydrogen-bond donors (Lipinski definition) is 1. The van der Waals surface area contributed by atoms with Crippen molar-refractivity contribution >= 4 is 5.71 Å². The van der Waals surface area contributed by atoms with Gasteiger partial charge < -0.3 is 12.3 Å². The van der Waals surface area contributed by atoms with Crippen molar-refractivity contribution in [3.63, 3.8) is 0 Å². The van der Waals surface area contributed by atoms with Crippen LogP contribution in [-0.4, -0.2) is 5.71 Å². The molecule has 5 heavy (non-hydrogen) atoms. The summed E-state index contributed by atoms with van der Waals surface area (Å²) in [6, 6.07) is 0. The Morgan fingerprint density at radius 1 is 1.80 bits per heavy atom. The van der Waals surface area contributed by atoms with Crippen LogP contribution in [0.2, 0.25) is 0 Å². The van der Waals surface area contributed by atoms with Gasteiger partial charge in [0.15, 0.2) is 0 Å². The van der Waals surface area contributed by atoms with Crippen LogP contribution in [-0.2, 0) is 0 Å². The third kappa shape index (κ3) is 65.6. The van der Waals surface area contributed by atoms with Gasteiger partial charge in [0.1, 0.15) is 0 Å².